The van der Waals surface area contributed by atoms with E-state index in [2.05, 4.69) is 21.9 Å². The van der Waals surface area contributed by atoms with Gasteiger partial charge in [-0.2, -0.15) is 11.8 Å². The Kier molecular flexibility index (Phi) is 6.47. The van der Waals surface area contributed by atoms with E-state index in [-0.39, 0.29) is 5.91 Å². The third-order valence-electron chi connectivity index (χ3n) is 2.32. The lowest BCUT2D eigenvalue weighted by atomic mass is 10.3. The summed E-state index contributed by atoms with van der Waals surface area (Å²) in [5.74, 6) is 1.04. The Morgan fingerprint density at radius 1 is 1.47 bits per heavy atom. The minimum absolute atomic E-state index is 0.156. The Bertz CT molecular complexity index is 357. The number of pyridine rings is 1. The molecule has 0 saturated heterocycles. The van der Waals surface area contributed by atoms with Gasteiger partial charge in [0.1, 0.15) is 5.69 Å². The van der Waals surface area contributed by atoms with Crippen molar-refractivity contribution in [3.63, 3.8) is 0 Å². The van der Waals surface area contributed by atoms with Crippen molar-refractivity contribution in [2.24, 2.45) is 0 Å². The van der Waals surface area contributed by atoms with E-state index in [9.17, 15) is 4.79 Å². The summed E-state index contributed by atoms with van der Waals surface area (Å²) in [5.41, 5.74) is 1.39. The number of nitrogens with one attached hydrogen (secondary N) is 2. The Balaban J connectivity index is 2.40. The van der Waals surface area contributed by atoms with Gasteiger partial charge in [-0.3, -0.25) is 9.78 Å². The SMILES string of the molecule is CNC(=O)c1cc(NCCCCSC)ccn1. The van der Waals surface area contributed by atoms with E-state index in [1.807, 2.05) is 17.8 Å². The van der Waals surface area contributed by atoms with Crippen molar-refractivity contribution in [3.8, 4) is 0 Å². The number of aromatic nitrogens is 1. The molecule has 0 aliphatic rings. The number of thioether (sulfide) groups is 1. The van der Waals surface area contributed by atoms with Crippen molar-refractivity contribution >= 4 is 23.4 Å². The first-order chi connectivity index (χ1) is 8.27. The topological polar surface area (TPSA) is 54.0 Å². The Morgan fingerprint density at radius 3 is 3.00 bits per heavy atom. The van der Waals surface area contributed by atoms with Gasteiger partial charge in [-0.15, -0.1) is 0 Å². The number of amides is 1. The molecule has 17 heavy (non-hydrogen) atoms. The van der Waals surface area contributed by atoms with Gasteiger partial charge in [-0.1, -0.05) is 0 Å². The highest BCUT2D eigenvalue weighted by atomic mass is 32.2. The molecule has 4 nitrogen and oxygen atoms in total. The zero-order chi connectivity index (χ0) is 12.5. The van der Waals surface area contributed by atoms with Gasteiger partial charge in [0.05, 0.1) is 0 Å². The molecule has 1 aromatic heterocycles. The number of anilines is 1. The van der Waals surface area contributed by atoms with Crippen LogP contribution in [0.4, 0.5) is 5.69 Å². The third kappa shape index (κ3) is 5.08. The molecular weight excluding hydrogens is 234 g/mol. The second-order valence-corrected chi connectivity index (χ2v) is 4.62. The average molecular weight is 253 g/mol. The molecule has 1 rings (SSSR count). The highest BCUT2D eigenvalue weighted by Gasteiger charge is 2.04. The molecule has 0 bridgehead atoms. The molecule has 94 valence electrons. The molecule has 0 aliphatic heterocycles. The van der Waals surface area contributed by atoms with E-state index in [0.29, 0.717) is 5.69 Å². The number of nitrogens with zero attached hydrogens (tertiary/aromatic N) is 1. The van der Waals surface area contributed by atoms with Crippen LogP contribution in [0.5, 0.6) is 0 Å². The van der Waals surface area contributed by atoms with Crippen LogP contribution < -0.4 is 10.6 Å². The van der Waals surface area contributed by atoms with Gasteiger partial charge in [0.15, 0.2) is 0 Å². The number of hydrogen-bond donors (Lipinski definition) is 2. The summed E-state index contributed by atoms with van der Waals surface area (Å²) in [6, 6.07) is 3.65. The summed E-state index contributed by atoms with van der Waals surface area (Å²) in [5, 5.41) is 5.85. The normalized spacial score (nSPS) is 10.0. The first kappa shape index (κ1) is 13.8. The largest absolute Gasteiger partial charge is 0.385 e. The molecule has 0 atom stereocenters. The van der Waals surface area contributed by atoms with Gasteiger partial charge >= 0.3 is 0 Å². The lowest BCUT2D eigenvalue weighted by Crippen LogP contribution is -2.19. The van der Waals surface area contributed by atoms with Crippen molar-refractivity contribution in [1.29, 1.82) is 0 Å². The maximum atomic E-state index is 11.4. The molecule has 1 aromatic rings. The average Bonchev–Trinajstić information content (AvgIpc) is 2.38. The van der Waals surface area contributed by atoms with Gasteiger partial charge in [0, 0.05) is 25.5 Å². The van der Waals surface area contributed by atoms with Gasteiger partial charge in [0.25, 0.3) is 5.91 Å². The standard InChI is InChI=1S/C12H19N3OS/c1-13-12(16)11-9-10(5-7-15-11)14-6-3-4-8-17-2/h5,7,9H,3-4,6,8H2,1-2H3,(H,13,16)(H,14,15). The fourth-order valence-electron chi connectivity index (χ4n) is 1.40. The summed E-state index contributed by atoms with van der Waals surface area (Å²) in [7, 11) is 1.60. The summed E-state index contributed by atoms with van der Waals surface area (Å²) in [4.78, 5) is 15.4. The number of carbonyl (C=O) groups is 1. The molecule has 0 aromatic carbocycles. The number of unbranched alkanes of at least 4 members (excludes halogenated alkanes) is 1. The predicted octanol–water partition coefficient (Wildman–Crippen LogP) is 2.00. The minimum Gasteiger partial charge on any atom is -0.385 e. The molecule has 0 aliphatic carbocycles. The zero-order valence-electron chi connectivity index (χ0n) is 10.3. The summed E-state index contributed by atoms with van der Waals surface area (Å²) in [6.45, 7) is 0.928. The Morgan fingerprint density at radius 2 is 2.29 bits per heavy atom. The summed E-state index contributed by atoms with van der Waals surface area (Å²) < 4.78 is 0. The maximum Gasteiger partial charge on any atom is 0.269 e. The van der Waals surface area contributed by atoms with Crippen molar-refractivity contribution in [2.45, 2.75) is 12.8 Å². The molecule has 0 fully saturated rings. The molecule has 1 heterocycles. The lowest BCUT2D eigenvalue weighted by Gasteiger charge is -2.07. The van der Waals surface area contributed by atoms with E-state index >= 15 is 0 Å². The first-order valence-electron chi connectivity index (χ1n) is 5.69. The van der Waals surface area contributed by atoms with E-state index in [1.165, 1.54) is 12.2 Å². The second kappa shape index (κ2) is 7.95. The van der Waals surface area contributed by atoms with Crippen LogP contribution in [0, 0.1) is 0 Å². The zero-order valence-corrected chi connectivity index (χ0v) is 11.1. The van der Waals surface area contributed by atoms with Crippen LogP contribution in [0.25, 0.3) is 0 Å². The first-order valence-corrected chi connectivity index (χ1v) is 7.08. The van der Waals surface area contributed by atoms with E-state index in [1.54, 1.807) is 19.3 Å². The van der Waals surface area contributed by atoms with Crippen LogP contribution in [0.2, 0.25) is 0 Å². The van der Waals surface area contributed by atoms with Crippen molar-refractivity contribution in [2.75, 3.05) is 30.9 Å². The van der Waals surface area contributed by atoms with E-state index in [4.69, 9.17) is 0 Å². The predicted molar refractivity (Wildman–Crippen MR) is 73.7 cm³/mol. The van der Waals surface area contributed by atoms with E-state index in [0.717, 1.165) is 18.7 Å². The van der Waals surface area contributed by atoms with Crippen LogP contribution in [-0.4, -0.2) is 36.5 Å². The van der Waals surface area contributed by atoms with Crippen LogP contribution in [0.1, 0.15) is 23.3 Å². The fraction of sp³-hybridized carbons (Fsp3) is 0.500. The van der Waals surface area contributed by atoms with Crippen LogP contribution in [-0.2, 0) is 0 Å². The molecule has 2 N–H and O–H groups in total. The van der Waals surface area contributed by atoms with Gasteiger partial charge < -0.3 is 10.6 Å². The summed E-state index contributed by atoms with van der Waals surface area (Å²) in [6.07, 6.45) is 6.11. The highest BCUT2D eigenvalue weighted by molar-refractivity contribution is 7.98. The van der Waals surface area contributed by atoms with Gasteiger partial charge in [-0.25, -0.2) is 0 Å². The quantitative estimate of drug-likeness (QED) is 0.730. The maximum absolute atomic E-state index is 11.4. The molecule has 0 saturated carbocycles. The number of hydrogen-bond acceptors (Lipinski definition) is 4. The van der Waals surface area contributed by atoms with Gasteiger partial charge in [0.2, 0.25) is 0 Å². The number of rotatable bonds is 7. The highest BCUT2D eigenvalue weighted by Crippen LogP contribution is 2.08. The molecular formula is C12H19N3OS. The summed E-state index contributed by atoms with van der Waals surface area (Å²) >= 11 is 1.87. The second-order valence-electron chi connectivity index (χ2n) is 3.64. The molecule has 0 spiro atoms. The smallest absolute Gasteiger partial charge is 0.269 e. The van der Waals surface area contributed by atoms with E-state index < -0.39 is 0 Å². The van der Waals surface area contributed by atoms with Crippen molar-refractivity contribution in [1.82, 2.24) is 10.3 Å². The third-order valence-corrected chi connectivity index (χ3v) is 3.02. The van der Waals surface area contributed by atoms with Crippen molar-refractivity contribution in [3.05, 3.63) is 24.0 Å². The Hall–Kier alpha value is -1.23. The lowest BCUT2D eigenvalue weighted by molar-refractivity contribution is 0.0958. The van der Waals surface area contributed by atoms with Crippen LogP contribution in [0.15, 0.2) is 18.3 Å². The van der Waals surface area contributed by atoms with Crippen LogP contribution in [0.3, 0.4) is 0 Å². The Labute approximate surface area is 107 Å². The van der Waals surface area contributed by atoms with Crippen molar-refractivity contribution < 1.29 is 4.79 Å². The molecule has 0 unspecified atom stereocenters. The molecule has 5 heteroatoms. The van der Waals surface area contributed by atoms with Gasteiger partial charge in [-0.05, 0) is 37.0 Å². The fourth-order valence-corrected chi connectivity index (χ4v) is 1.89. The number of carbonyl (C=O) groups excluding carboxylic acids is 1. The minimum atomic E-state index is -0.156. The molecule has 0 radical (unpaired) electrons. The molecule has 1 amide bonds. The van der Waals surface area contributed by atoms with Crippen LogP contribution >= 0.6 is 11.8 Å². The monoisotopic (exact) mass is 253 g/mol.